The van der Waals surface area contributed by atoms with Gasteiger partial charge in [0.2, 0.25) is 5.91 Å². The molecule has 3 nitrogen and oxygen atoms in total. The van der Waals surface area contributed by atoms with Gasteiger partial charge < -0.3 is 10.6 Å². The quantitative estimate of drug-likeness (QED) is 0.652. The summed E-state index contributed by atoms with van der Waals surface area (Å²) in [6, 6.07) is 0.207. The maximum atomic E-state index is 12.3. The highest BCUT2D eigenvalue weighted by Gasteiger charge is 2.25. The fraction of sp³-hybridized carbons (Fsp3) is 0.938. The first kappa shape index (κ1) is 16.5. The van der Waals surface area contributed by atoms with Gasteiger partial charge in [0, 0.05) is 25.6 Å². The Morgan fingerprint density at radius 1 is 1.21 bits per heavy atom. The van der Waals surface area contributed by atoms with Crippen LogP contribution in [0, 0.1) is 5.92 Å². The van der Waals surface area contributed by atoms with E-state index in [1.54, 1.807) is 0 Å². The monoisotopic (exact) mass is 268 g/mol. The van der Waals surface area contributed by atoms with Crippen LogP contribution in [0.5, 0.6) is 0 Å². The van der Waals surface area contributed by atoms with Crippen molar-refractivity contribution in [3.63, 3.8) is 0 Å². The van der Waals surface area contributed by atoms with Crippen molar-refractivity contribution >= 4 is 5.91 Å². The third-order valence-corrected chi connectivity index (χ3v) is 4.22. The number of amides is 1. The van der Waals surface area contributed by atoms with Crippen LogP contribution in [0.1, 0.15) is 71.6 Å². The summed E-state index contributed by atoms with van der Waals surface area (Å²) in [6.07, 6.45) is 10.5. The summed E-state index contributed by atoms with van der Waals surface area (Å²) in [7, 11) is 0. The molecule has 112 valence electrons. The van der Waals surface area contributed by atoms with E-state index in [9.17, 15) is 4.79 Å². The molecule has 2 N–H and O–H groups in total. The van der Waals surface area contributed by atoms with Gasteiger partial charge >= 0.3 is 0 Å². The predicted molar refractivity (Wildman–Crippen MR) is 80.9 cm³/mol. The molecule has 0 spiro atoms. The van der Waals surface area contributed by atoms with Gasteiger partial charge in [0.1, 0.15) is 0 Å². The number of hydrogen-bond acceptors (Lipinski definition) is 2. The number of nitrogens with two attached hydrogens (primary N) is 1. The fourth-order valence-corrected chi connectivity index (χ4v) is 2.91. The van der Waals surface area contributed by atoms with Crippen molar-refractivity contribution in [1.82, 2.24) is 4.90 Å². The average Bonchev–Trinajstić information content (AvgIpc) is 2.82. The minimum atomic E-state index is 0.207. The van der Waals surface area contributed by atoms with Crippen molar-refractivity contribution in [3.8, 4) is 0 Å². The Hall–Kier alpha value is -0.570. The Bertz CT molecular complexity index is 255. The van der Waals surface area contributed by atoms with E-state index in [1.807, 2.05) is 4.90 Å². The van der Waals surface area contributed by atoms with Crippen LogP contribution in [0.2, 0.25) is 0 Å². The number of nitrogens with zero attached hydrogens (tertiary/aromatic N) is 1. The third-order valence-electron chi connectivity index (χ3n) is 4.22. The minimum absolute atomic E-state index is 0.207. The zero-order chi connectivity index (χ0) is 14.1. The Labute approximate surface area is 118 Å². The maximum absolute atomic E-state index is 12.3. The predicted octanol–water partition coefficient (Wildman–Crippen LogP) is 3.32. The molecule has 0 radical (unpaired) electrons. The molecule has 1 unspecified atom stereocenters. The van der Waals surface area contributed by atoms with Crippen molar-refractivity contribution in [2.24, 2.45) is 11.7 Å². The van der Waals surface area contributed by atoms with E-state index in [0.29, 0.717) is 11.8 Å². The van der Waals surface area contributed by atoms with E-state index in [1.165, 1.54) is 44.9 Å². The second-order valence-electron chi connectivity index (χ2n) is 6.10. The molecule has 0 aliphatic carbocycles. The Kier molecular flexibility index (Phi) is 8.11. The SMILES string of the molecule is CCCCCC(CCCC)CC(=O)N1CC[C@@H](N)C1. The van der Waals surface area contributed by atoms with E-state index in [0.717, 1.165) is 25.9 Å². The van der Waals surface area contributed by atoms with E-state index in [4.69, 9.17) is 5.73 Å². The third kappa shape index (κ3) is 6.42. The molecule has 1 aliphatic heterocycles. The van der Waals surface area contributed by atoms with Gasteiger partial charge in [0.25, 0.3) is 0 Å². The molecule has 1 heterocycles. The van der Waals surface area contributed by atoms with Crippen LogP contribution < -0.4 is 5.73 Å². The van der Waals surface area contributed by atoms with Gasteiger partial charge in [-0.15, -0.1) is 0 Å². The van der Waals surface area contributed by atoms with E-state index < -0.39 is 0 Å². The highest BCUT2D eigenvalue weighted by atomic mass is 16.2. The average molecular weight is 268 g/mol. The molecule has 0 aromatic carbocycles. The molecule has 0 aromatic heterocycles. The van der Waals surface area contributed by atoms with Crippen LogP contribution in [0.15, 0.2) is 0 Å². The molecule has 0 aromatic rings. The van der Waals surface area contributed by atoms with Crippen molar-refractivity contribution in [2.45, 2.75) is 77.7 Å². The molecule has 2 atom stereocenters. The van der Waals surface area contributed by atoms with Crippen molar-refractivity contribution in [1.29, 1.82) is 0 Å². The molecule has 1 amide bonds. The molecule has 0 saturated carbocycles. The molecule has 1 aliphatic rings. The van der Waals surface area contributed by atoms with Gasteiger partial charge in [0.05, 0.1) is 0 Å². The molecule has 19 heavy (non-hydrogen) atoms. The van der Waals surface area contributed by atoms with E-state index in [2.05, 4.69) is 13.8 Å². The number of rotatable bonds is 9. The summed E-state index contributed by atoms with van der Waals surface area (Å²) >= 11 is 0. The first-order valence-corrected chi connectivity index (χ1v) is 8.20. The van der Waals surface area contributed by atoms with Gasteiger partial charge in [-0.1, -0.05) is 46.0 Å². The topological polar surface area (TPSA) is 46.3 Å². The largest absolute Gasteiger partial charge is 0.341 e. The molecule has 3 heteroatoms. The van der Waals surface area contributed by atoms with Crippen LogP contribution in [-0.2, 0) is 4.79 Å². The summed E-state index contributed by atoms with van der Waals surface area (Å²) in [5.74, 6) is 0.932. The lowest BCUT2D eigenvalue weighted by atomic mass is 9.92. The van der Waals surface area contributed by atoms with Gasteiger partial charge in [-0.25, -0.2) is 0 Å². The summed E-state index contributed by atoms with van der Waals surface area (Å²) in [5.41, 5.74) is 5.88. The highest BCUT2D eigenvalue weighted by Crippen LogP contribution is 2.22. The number of hydrogen-bond donors (Lipinski definition) is 1. The molecule has 1 fully saturated rings. The second kappa shape index (κ2) is 9.35. The Balaban J connectivity index is 2.34. The summed E-state index contributed by atoms with van der Waals surface area (Å²) in [4.78, 5) is 14.2. The Morgan fingerprint density at radius 2 is 1.89 bits per heavy atom. The summed E-state index contributed by atoms with van der Waals surface area (Å²) in [6.45, 7) is 6.10. The van der Waals surface area contributed by atoms with Crippen LogP contribution in [0.4, 0.5) is 0 Å². The summed E-state index contributed by atoms with van der Waals surface area (Å²) < 4.78 is 0. The van der Waals surface area contributed by atoms with E-state index in [-0.39, 0.29) is 6.04 Å². The molecular weight excluding hydrogens is 236 g/mol. The second-order valence-corrected chi connectivity index (χ2v) is 6.10. The number of unbranched alkanes of at least 4 members (excludes halogenated alkanes) is 3. The summed E-state index contributed by atoms with van der Waals surface area (Å²) in [5, 5.41) is 0. The highest BCUT2D eigenvalue weighted by molar-refractivity contribution is 5.76. The first-order chi connectivity index (χ1) is 9.17. The van der Waals surface area contributed by atoms with Gasteiger partial charge in [-0.3, -0.25) is 4.79 Å². The molecular formula is C16H32N2O. The standard InChI is InChI=1S/C16H32N2O/c1-3-5-7-9-14(8-6-4-2)12-16(19)18-11-10-15(17)13-18/h14-15H,3-13,17H2,1-2H3/t14?,15-/m1/s1. The van der Waals surface area contributed by atoms with E-state index >= 15 is 0 Å². The van der Waals surface area contributed by atoms with Gasteiger partial charge in [-0.05, 0) is 25.2 Å². The molecule has 1 saturated heterocycles. The molecule has 0 bridgehead atoms. The first-order valence-electron chi connectivity index (χ1n) is 8.20. The lowest BCUT2D eigenvalue weighted by Gasteiger charge is -2.21. The number of likely N-dealkylation sites (tertiary alicyclic amines) is 1. The lowest BCUT2D eigenvalue weighted by molar-refractivity contribution is -0.131. The zero-order valence-corrected chi connectivity index (χ0v) is 12.9. The number of carbonyl (C=O) groups excluding carboxylic acids is 1. The van der Waals surface area contributed by atoms with Crippen LogP contribution >= 0.6 is 0 Å². The van der Waals surface area contributed by atoms with Crippen molar-refractivity contribution < 1.29 is 4.79 Å². The lowest BCUT2D eigenvalue weighted by Crippen LogP contribution is -2.33. The van der Waals surface area contributed by atoms with Gasteiger partial charge in [0.15, 0.2) is 0 Å². The fourth-order valence-electron chi connectivity index (χ4n) is 2.91. The Morgan fingerprint density at radius 3 is 2.47 bits per heavy atom. The number of carbonyl (C=O) groups is 1. The van der Waals surface area contributed by atoms with Gasteiger partial charge in [-0.2, -0.15) is 0 Å². The van der Waals surface area contributed by atoms with Crippen LogP contribution in [0.3, 0.4) is 0 Å². The van der Waals surface area contributed by atoms with Crippen molar-refractivity contribution in [3.05, 3.63) is 0 Å². The van der Waals surface area contributed by atoms with Crippen molar-refractivity contribution in [2.75, 3.05) is 13.1 Å². The zero-order valence-electron chi connectivity index (χ0n) is 12.9. The normalized spacial score (nSPS) is 20.8. The smallest absolute Gasteiger partial charge is 0.222 e. The minimum Gasteiger partial charge on any atom is -0.341 e. The maximum Gasteiger partial charge on any atom is 0.222 e. The van der Waals surface area contributed by atoms with Crippen LogP contribution in [-0.4, -0.2) is 29.9 Å². The van der Waals surface area contributed by atoms with Crippen LogP contribution in [0.25, 0.3) is 0 Å². The molecule has 1 rings (SSSR count).